The Bertz CT molecular complexity index is 531. The molecule has 112 valence electrons. The Kier molecular flexibility index (Phi) is 5.54. The fourth-order valence-corrected chi connectivity index (χ4v) is 2.62. The maximum absolute atomic E-state index is 6.36. The van der Waals surface area contributed by atoms with Crippen LogP contribution in [0.5, 0.6) is 0 Å². The van der Waals surface area contributed by atoms with Gasteiger partial charge in [-0.3, -0.25) is 4.90 Å². The summed E-state index contributed by atoms with van der Waals surface area (Å²) in [5.74, 6) is 0. The largest absolute Gasteiger partial charge is 0.323 e. The molecule has 0 radical (unpaired) electrons. The number of benzene rings is 2. The molecule has 0 saturated heterocycles. The molecule has 0 aliphatic carbocycles. The molecule has 0 fully saturated rings. The molecule has 0 aromatic heterocycles. The monoisotopic (exact) mass is 282 g/mol. The number of likely N-dealkylation sites (N-methyl/N-ethyl adjacent to an activating group) is 1. The fraction of sp³-hybridized carbons (Fsp3) is 0.368. The minimum Gasteiger partial charge on any atom is -0.323 e. The molecule has 0 bridgehead atoms. The molecule has 0 saturated carbocycles. The zero-order valence-electron chi connectivity index (χ0n) is 13.3. The SMILES string of the molecule is CCN(CC(N)c1ccc(-c2ccccc2)cc1)C(C)C. The van der Waals surface area contributed by atoms with Gasteiger partial charge in [-0.1, -0.05) is 61.5 Å². The molecular formula is C19H26N2. The second-order valence-electron chi connectivity index (χ2n) is 5.78. The van der Waals surface area contributed by atoms with E-state index >= 15 is 0 Å². The maximum Gasteiger partial charge on any atom is 0.0424 e. The van der Waals surface area contributed by atoms with E-state index in [9.17, 15) is 0 Å². The molecule has 2 aromatic rings. The van der Waals surface area contributed by atoms with Gasteiger partial charge in [0.1, 0.15) is 0 Å². The van der Waals surface area contributed by atoms with Crippen LogP contribution in [-0.4, -0.2) is 24.0 Å². The topological polar surface area (TPSA) is 29.3 Å². The van der Waals surface area contributed by atoms with E-state index in [1.807, 2.05) is 6.07 Å². The van der Waals surface area contributed by atoms with Gasteiger partial charge in [-0.2, -0.15) is 0 Å². The molecule has 0 amide bonds. The van der Waals surface area contributed by atoms with Crippen molar-refractivity contribution in [2.75, 3.05) is 13.1 Å². The van der Waals surface area contributed by atoms with Crippen LogP contribution in [-0.2, 0) is 0 Å². The average molecular weight is 282 g/mol. The highest BCUT2D eigenvalue weighted by Gasteiger charge is 2.13. The highest BCUT2D eigenvalue weighted by Crippen LogP contribution is 2.21. The second-order valence-corrected chi connectivity index (χ2v) is 5.78. The summed E-state index contributed by atoms with van der Waals surface area (Å²) in [6, 6.07) is 19.7. The molecule has 2 nitrogen and oxygen atoms in total. The Morgan fingerprint density at radius 1 is 0.905 bits per heavy atom. The predicted octanol–water partition coefficient (Wildman–Crippen LogP) is 4.08. The minimum absolute atomic E-state index is 0.0668. The van der Waals surface area contributed by atoms with Crippen LogP contribution in [0.3, 0.4) is 0 Å². The van der Waals surface area contributed by atoms with E-state index in [4.69, 9.17) is 5.73 Å². The van der Waals surface area contributed by atoms with Crippen LogP contribution in [0, 0.1) is 0 Å². The third-order valence-electron chi connectivity index (χ3n) is 4.01. The summed E-state index contributed by atoms with van der Waals surface area (Å²) in [6.07, 6.45) is 0. The van der Waals surface area contributed by atoms with E-state index in [-0.39, 0.29) is 6.04 Å². The normalized spacial score (nSPS) is 12.9. The molecule has 21 heavy (non-hydrogen) atoms. The van der Waals surface area contributed by atoms with Crippen molar-refractivity contribution in [3.05, 3.63) is 60.2 Å². The van der Waals surface area contributed by atoms with E-state index in [0.717, 1.165) is 13.1 Å². The van der Waals surface area contributed by atoms with E-state index in [0.29, 0.717) is 6.04 Å². The lowest BCUT2D eigenvalue weighted by atomic mass is 10.0. The predicted molar refractivity (Wildman–Crippen MR) is 91.2 cm³/mol. The van der Waals surface area contributed by atoms with Crippen LogP contribution in [0.1, 0.15) is 32.4 Å². The number of hydrogen-bond donors (Lipinski definition) is 1. The van der Waals surface area contributed by atoms with Gasteiger partial charge in [0.2, 0.25) is 0 Å². The third-order valence-corrected chi connectivity index (χ3v) is 4.01. The molecule has 2 rings (SSSR count). The molecule has 2 N–H and O–H groups in total. The third kappa shape index (κ3) is 4.16. The second kappa shape index (κ2) is 7.39. The van der Waals surface area contributed by atoms with Gasteiger partial charge in [0.25, 0.3) is 0 Å². The Balaban J connectivity index is 2.08. The van der Waals surface area contributed by atoms with Crippen LogP contribution in [0.25, 0.3) is 11.1 Å². The summed E-state index contributed by atoms with van der Waals surface area (Å²) in [6.45, 7) is 8.56. The van der Waals surface area contributed by atoms with Crippen molar-refractivity contribution in [2.45, 2.75) is 32.9 Å². The highest BCUT2D eigenvalue weighted by atomic mass is 15.1. The zero-order valence-corrected chi connectivity index (χ0v) is 13.3. The summed E-state index contributed by atoms with van der Waals surface area (Å²) in [5, 5.41) is 0. The molecule has 2 aromatic carbocycles. The first kappa shape index (κ1) is 15.7. The Morgan fingerprint density at radius 3 is 2.00 bits per heavy atom. The number of nitrogens with two attached hydrogens (primary N) is 1. The van der Waals surface area contributed by atoms with Crippen molar-refractivity contribution in [3.8, 4) is 11.1 Å². The van der Waals surface area contributed by atoms with Crippen LogP contribution < -0.4 is 5.73 Å². The zero-order chi connectivity index (χ0) is 15.2. The Hall–Kier alpha value is -1.64. The quantitative estimate of drug-likeness (QED) is 0.865. The molecule has 2 heteroatoms. The summed E-state index contributed by atoms with van der Waals surface area (Å²) >= 11 is 0. The van der Waals surface area contributed by atoms with Crippen molar-refractivity contribution in [1.29, 1.82) is 0 Å². The summed E-state index contributed by atoms with van der Waals surface area (Å²) in [4.78, 5) is 2.40. The van der Waals surface area contributed by atoms with Crippen molar-refractivity contribution in [3.63, 3.8) is 0 Å². The van der Waals surface area contributed by atoms with Crippen molar-refractivity contribution >= 4 is 0 Å². The van der Waals surface area contributed by atoms with Crippen molar-refractivity contribution in [2.24, 2.45) is 5.73 Å². The molecule has 0 aliphatic heterocycles. The maximum atomic E-state index is 6.36. The lowest BCUT2D eigenvalue weighted by Gasteiger charge is -2.28. The number of hydrogen-bond acceptors (Lipinski definition) is 2. The van der Waals surface area contributed by atoms with Crippen molar-refractivity contribution in [1.82, 2.24) is 4.90 Å². The van der Waals surface area contributed by atoms with Crippen molar-refractivity contribution < 1.29 is 0 Å². The van der Waals surface area contributed by atoms with E-state index in [1.165, 1.54) is 16.7 Å². The van der Waals surface area contributed by atoms with Crippen LogP contribution >= 0.6 is 0 Å². The number of nitrogens with zero attached hydrogens (tertiary/aromatic N) is 1. The smallest absolute Gasteiger partial charge is 0.0424 e. The minimum atomic E-state index is 0.0668. The van der Waals surface area contributed by atoms with Crippen LogP contribution in [0.2, 0.25) is 0 Å². The van der Waals surface area contributed by atoms with Crippen LogP contribution in [0.4, 0.5) is 0 Å². The van der Waals surface area contributed by atoms with E-state index < -0.39 is 0 Å². The molecule has 0 spiro atoms. The first-order valence-corrected chi connectivity index (χ1v) is 7.76. The molecular weight excluding hydrogens is 256 g/mol. The van der Waals surface area contributed by atoms with Gasteiger partial charge in [-0.15, -0.1) is 0 Å². The van der Waals surface area contributed by atoms with Crippen LogP contribution in [0.15, 0.2) is 54.6 Å². The first-order chi connectivity index (χ1) is 10.1. The summed E-state index contributed by atoms with van der Waals surface area (Å²) in [7, 11) is 0. The van der Waals surface area contributed by atoms with E-state index in [1.54, 1.807) is 0 Å². The van der Waals surface area contributed by atoms with Gasteiger partial charge < -0.3 is 5.73 Å². The highest BCUT2D eigenvalue weighted by molar-refractivity contribution is 5.63. The van der Waals surface area contributed by atoms with Gasteiger partial charge in [-0.05, 0) is 37.1 Å². The van der Waals surface area contributed by atoms with Gasteiger partial charge >= 0.3 is 0 Å². The van der Waals surface area contributed by atoms with Gasteiger partial charge in [0.15, 0.2) is 0 Å². The van der Waals surface area contributed by atoms with Gasteiger partial charge in [-0.25, -0.2) is 0 Å². The Labute approximate surface area is 128 Å². The Morgan fingerprint density at radius 2 is 1.48 bits per heavy atom. The molecule has 0 heterocycles. The average Bonchev–Trinajstić information content (AvgIpc) is 2.53. The summed E-state index contributed by atoms with van der Waals surface area (Å²) in [5.41, 5.74) is 10.0. The number of rotatable bonds is 6. The van der Waals surface area contributed by atoms with Gasteiger partial charge in [0.05, 0.1) is 0 Å². The first-order valence-electron chi connectivity index (χ1n) is 7.76. The lowest BCUT2D eigenvalue weighted by molar-refractivity contribution is 0.220. The van der Waals surface area contributed by atoms with E-state index in [2.05, 4.69) is 74.2 Å². The fourth-order valence-electron chi connectivity index (χ4n) is 2.62. The standard InChI is InChI=1S/C19H26N2/c1-4-21(15(2)3)14-19(20)18-12-10-17(11-13-18)16-8-6-5-7-9-16/h5-13,15,19H,4,14,20H2,1-3H3. The lowest BCUT2D eigenvalue weighted by Crippen LogP contribution is -2.36. The molecule has 0 aliphatic rings. The molecule has 1 atom stereocenters. The summed E-state index contributed by atoms with van der Waals surface area (Å²) < 4.78 is 0. The molecule has 1 unspecified atom stereocenters. The van der Waals surface area contributed by atoms with Gasteiger partial charge in [0, 0.05) is 18.6 Å².